The Labute approximate surface area is 191 Å². The van der Waals surface area contributed by atoms with Crippen molar-refractivity contribution in [3.05, 3.63) is 101 Å². The molecular formula is C22H17N3O5S2. The van der Waals surface area contributed by atoms with E-state index in [9.17, 15) is 25.0 Å². The highest BCUT2D eigenvalue weighted by molar-refractivity contribution is 7.13. The number of likely N-dealkylation sites (tertiary alicyclic amines) is 1. The van der Waals surface area contributed by atoms with E-state index in [1.165, 1.54) is 12.1 Å². The van der Waals surface area contributed by atoms with Gasteiger partial charge in [0.15, 0.2) is 5.78 Å². The Morgan fingerprint density at radius 2 is 1.38 bits per heavy atom. The second-order valence-corrected chi connectivity index (χ2v) is 9.03. The van der Waals surface area contributed by atoms with Gasteiger partial charge in [-0.1, -0.05) is 53.0 Å². The summed E-state index contributed by atoms with van der Waals surface area (Å²) in [6.45, 7) is 1.42. The van der Waals surface area contributed by atoms with Crippen LogP contribution in [0.5, 0.6) is 0 Å². The zero-order chi connectivity index (χ0) is 22.7. The number of thiophene rings is 2. The van der Waals surface area contributed by atoms with Crippen LogP contribution in [0, 0.1) is 20.2 Å². The maximum atomic E-state index is 13.2. The third-order valence-electron chi connectivity index (χ3n) is 4.87. The quantitative estimate of drug-likeness (QED) is 0.281. The highest BCUT2D eigenvalue weighted by atomic mass is 32.1. The van der Waals surface area contributed by atoms with E-state index in [0.29, 0.717) is 41.9 Å². The summed E-state index contributed by atoms with van der Waals surface area (Å²) in [5, 5.41) is 25.3. The van der Waals surface area contributed by atoms with Gasteiger partial charge in [0.2, 0.25) is 0 Å². The van der Waals surface area contributed by atoms with Gasteiger partial charge in [-0.3, -0.25) is 29.9 Å². The van der Waals surface area contributed by atoms with Crippen molar-refractivity contribution in [2.24, 2.45) is 0 Å². The molecular weight excluding hydrogens is 450 g/mol. The third kappa shape index (κ3) is 5.05. The van der Waals surface area contributed by atoms with Gasteiger partial charge < -0.3 is 0 Å². The number of nitro groups is 2. The number of nitrogens with zero attached hydrogens (tertiary/aromatic N) is 3. The molecule has 162 valence electrons. The van der Waals surface area contributed by atoms with Crippen LogP contribution < -0.4 is 0 Å². The molecule has 0 unspecified atom stereocenters. The molecule has 10 heteroatoms. The summed E-state index contributed by atoms with van der Waals surface area (Å²) in [6, 6.07) is 12.8. The van der Waals surface area contributed by atoms with E-state index in [-0.39, 0.29) is 15.8 Å². The van der Waals surface area contributed by atoms with Gasteiger partial charge >= 0.3 is 10.0 Å². The largest absolute Gasteiger partial charge is 0.324 e. The lowest BCUT2D eigenvalue weighted by atomic mass is 9.94. The Kier molecular flexibility index (Phi) is 6.35. The first-order valence-electron chi connectivity index (χ1n) is 9.57. The number of hydrogen-bond acceptors (Lipinski definition) is 8. The number of benzene rings is 1. The smallest absolute Gasteiger partial charge is 0.290 e. The molecule has 1 aliphatic rings. The Morgan fingerprint density at radius 1 is 0.875 bits per heavy atom. The molecule has 1 aromatic carbocycles. The van der Waals surface area contributed by atoms with Crippen LogP contribution in [0.3, 0.4) is 0 Å². The lowest BCUT2D eigenvalue weighted by molar-refractivity contribution is -0.380. The number of rotatable bonds is 6. The minimum absolute atomic E-state index is 0.0163. The molecule has 0 atom stereocenters. The normalized spacial score (nSPS) is 17.2. The molecule has 1 aliphatic heterocycles. The van der Waals surface area contributed by atoms with Crippen molar-refractivity contribution < 1.29 is 14.6 Å². The number of hydrogen-bond donors (Lipinski definition) is 0. The number of piperidine rings is 1. The second-order valence-electron chi connectivity index (χ2n) is 7.25. The van der Waals surface area contributed by atoms with Crippen molar-refractivity contribution in [2.75, 3.05) is 13.1 Å². The van der Waals surface area contributed by atoms with Crippen molar-refractivity contribution in [3.63, 3.8) is 0 Å². The van der Waals surface area contributed by atoms with E-state index in [0.717, 1.165) is 28.2 Å². The van der Waals surface area contributed by atoms with Crippen LogP contribution in [0.25, 0.3) is 12.2 Å². The van der Waals surface area contributed by atoms with Crippen molar-refractivity contribution >= 4 is 50.6 Å². The number of carbonyl (C=O) groups excluding carboxylic acids is 1. The van der Waals surface area contributed by atoms with Gasteiger partial charge in [0.25, 0.3) is 0 Å². The highest BCUT2D eigenvalue weighted by Gasteiger charge is 2.27. The average molecular weight is 468 g/mol. The highest BCUT2D eigenvalue weighted by Crippen LogP contribution is 2.29. The first-order chi connectivity index (χ1) is 15.4. The van der Waals surface area contributed by atoms with Crippen LogP contribution >= 0.6 is 22.7 Å². The first-order valence-corrected chi connectivity index (χ1v) is 11.3. The molecule has 0 bridgehead atoms. The van der Waals surface area contributed by atoms with Crippen LogP contribution in [0.2, 0.25) is 0 Å². The molecule has 3 aromatic rings. The molecule has 0 saturated carbocycles. The number of carbonyl (C=O) groups is 1. The monoisotopic (exact) mass is 467 g/mol. The Morgan fingerprint density at radius 3 is 1.81 bits per heavy atom. The molecule has 0 N–H and O–H groups in total. The fraction of sp³-hybridized carbons (Fsp3) is 0.136. The minimum Gasteiger partial charge on any atom is -0.290 e. The van der Waals surface area contributed by atoms with Gasteiger partial charge in [0, 0.05) is 53.7 Å². The lowest BCUT2D eigenvalue weighted by Crippen LogP contribution is -2.37. The van der Waals surface area contributed by atoms with E-state index < -0.39 is 9.85 Å². The summed E-state index contributed by atoms with van der Waals surface area (Å²) in [6.07, 6.45) is 3.37. The van der Waals surface area contributed by atoms with Crippen LogP contribution in [-0.4, -0.2) is 33.6 Å². The Hall–Kier alpha value is -3.47. The Balaban J connectivity index is 1.67. The van der Waals surface area contributed by atoms with Gasteiger partial charge in [-0.25, -0.2) is 0 Å². The Bertz CT molecular complexity index is 1170. The number of ketones is 1. The summed E-state index contributed by atoms with van der Waals surface area (Å²) in [5.41, 5.74) is 3.36. The van der Waals surface area contributed by atoms with Gasteiger partial charge in [0.05, 0.1) is 9.85 Å². The van der Waals surface area contributed by atoms with E-state index >= 15 is 0 Å². The zero-order valence-electron chi connectivity index (χ0n) is 16.7. The molecule has 32 heavy (non-hydrogen) atoms. The van der Waals surface area contributed by atoms with Crippen LogP contribution in [0.15, 0.2) is 64.4 Å². The summed E-state index contributed by atoms with van der Waals surface area (Å²) in [7, 11) is 0. The van der Waals surface area contributed by atoms with Crippen molar-refractivity contribution in [1.29, 1.82) is 0 Å². The molecule has 1 saturated heterocycles. The lowest BCUT2D eigenvalue weighted by Gasteiger charge is -2.29. The summed E-state index contributed by atoms with van der Waals surface area (Å²) in [4.78, 5) is 36.4. The minimum atomic E-state index is -0.453. The molecule has 0 aliphatic carbocycles. The van der Waals surface area contributed by atoms with Crippen molar-refractivity contribution in [3.8, 4) is 0 Å². The molecule has 1 fully saturated rings. The van der Waals surface area contributed by atoms with Crippen LogP contribution in [-0.2, 0) is 11.3 Å². The number of Topliss-reactive ketones (excluding diaryl/α,β-unsaturated/α-hetero) is 1. The van der Waals surface area contributed by atoms with E-state index in [2.05, 4.69) is 4.90 Å². The van der Waals surface area contributed by atoms with Gasteiger partial charge in [-0.2, -0.15) is 0 Å². The van der Waals surface area contributed by atoms with Crippen molar-refractivity contribution in [1.82, 2.24) is 4.90 Å². The predicted octanol–water partition coefficient (Wildman–Crippen LogP) is 5.18. The molecule has 0 radical (unpaired) electrons. The predicted molar refractivity (Wildman–Crippen MR) is 125 cm³/mol. The van der Waals surface area contributed by atoms with E-state index in [4.69, 9.17) is 0 Å². The molecule has 4 rings (SSSR count). The average Bonchev–Trinajstić information content (AvgIpc) is 3.42. The van der Waals surface area contributed by atoms with Crippen molar-refractivity contribution in [2.45, 2.75) is 6.54 Å². The molecule has 0 spiro atoms. The standard InChI is InChI=1S/C22H17N3O5S2/c26-22-18(6-16-8-20(24(27)28)31-13-16)11-23(10-15-4-2-1-3-5-15)12-19(22)7-17-9-21(25(29)30)32-14-17/h1-9,13-14H,10-12H2/b18-6+,19-7+. The van der Waals surface area contributed by atoms with Gasteiger partial charge in [0.1, 0.15) is 0 Å². The molecule has 0 amide bonds. The van der Waals surface area contributed by atoms with E-state index in [1.54, 1.807) is 22.9 Å². The first kappa shape index (κ1) is 21.8. The van der Waals surface area contributed by atoms with Crippen LogP contribution in [0.4, 0.5) is 10.0 Å². The SMILES string of the molecule is O=C1/C(=C/c2csc([N+](=O)[O-])c2)CN(Cc2ccccc2)C/C1=C\c1csc([N+](=O)[O-])c1. The zero-order valence-corrected chi connectivity index (χ0v) is 18.3. The summed E-state index contributed by atoms with van der Waals surface area (Å²) < 4.78 is 0. The van der Waals surface area contributed by atoms with Crippen LogP contribution in [0.1, 0.15) is 16.7 Å². The molecule has 3 heterocycles. The maximum absolute atomic E-state index is 13.2. The van der Waals surface area contributed by atoms with Gasteiger partial charge in [-0.15, -0.1) is 0 Å². The fourth-order valence-corrected chi connectivity index (χ4v) is 4.85. The summed E-state index contributed by atoms with van der Waals surface area (Å²) in [5.74, 6) is -0.156. The van der Waals surface area contributed by atoms with Gasteiger partial charge in [-0.05, 0) is 28.8 Å². The third-order valence-corrected chi connectivity index (χ3v) is 6.67. The van der Waals surface area contributed by atoms with E-state index in [1.807, 2.05) is 30.3 Å². The summed E-state index contributed by atoms with van der Waals surface area (Å²) >= 11 is 2.03. The molecule has 2 aromatic heterocycles. The molecule has 8 nitrogen and oxygen atoms in total. The maximum Gasteiger partial charge on any atom is 0.324 e. The topological polar surface area (TPSA) is 107 Å². The fourth-order valence-electron chi connectivity index (χ4n) is 3.49. The second kappa shape index (κ2) is 9.35.